The average molecular weight is 194 g/mol. The van der Waals surface area contributed by atoms with Gasteiger partial charge in [0.2, 0.25) is 0 Å². The number of epoxide rings is 1. The van der Waals surface area contributed by atoms with Crippen LogP contribution >= 0.6 is 0 Å². The van der Waals surface area contributed by atoms with E-state index >= 15 is 0 Å². The summed E-state index contributed by atoms with van der Waals surface area (Å²) in [5.41, 5.74) is 4.54. The molecule has 0 bridgehead atoms. The maximum Gasteiger partial charge on any atom is 0.117 e. The Bertz CT molecular complexity index is 325. The molecule has 2 rings (SSSR count). The molecule has 0 radical (unpaired) electrons. The van der Waals surface area contributed by atoms with Gasteiger partial charge in [0.05, 0.1) is 6.10 Å². The Morgan fingerprint density at radius 1 is 1.57 bits per heavy atom. The molecule has 1 aliphatic carbocycles. The second kappa shape index (κ2) is 3.37. The van der Waals surface area contributed by atoms with Crippen LogP contribution < -0.4 is 0 Å². The van der Waals surface area contributed by atoms with Gasteiger partial charge in [0.1, 0.15) is 18.3 Å². The molecule has 0 aromatic carbocycles. The van der Waals surface area contributed by atoms with Crippen molar-refractivity contribution < 1.29 is 14.9 Å². The van der Waals surface area contributed by atoms with Crippen molar-refractivity contribution >= 4 is 0 Å². The molecule has 4 unspecified atom stereocenters. The topological polar surface area (TPSA) is 53.0 Å². The van der Waals surface area contributed by atoms with Crippen LogP contribution in [0.5, 0.6) is 0 Å². The second-order valence-corrected chi connectivity index (χ2v) is 3.94. The Morgan fingerprint density at radius 2 is 2.29 bits per heavy atom. The van der Waals surface area contributed by atoms with E-state index in [2.05, 4.69) is 12.3 Å². The molecule has 2 aliphatic rings. The van der Waals surface area contributed by atoms with Crippen LogP contribution in [0, 0.1) is 0 Å². The number of fused-ring (bicyclic) bond motifs is 1. The third kappa shape index (κ3) is 1.68. The van der Waals surface area contributed by atoms with Crippen LogP contribution in [0.2, 0.25) is 0 Å². The van der Waals surface area contributed by atoms with Crippen molar-refractivity contribution in [3.8, 4) is 0 Å². The van der Waals surface area contributed by atoms with Gasteiger partial charge in [0, 0.05) is 12.0 Å². The molecule has 2 fully saturated rings. The molecule has 1 heterocycles. The number of hydrogen-bond acceptors (Lipinski definition) is 3. The molecule has 1 saturated carbocycles. The van der Waals surface area contributed by atoms with Gasteiger partial charge < -0.3 is 14.9 Å². The number of aliphatic hydroxyl groups excluding tert-OH is 2. The molecular formula is C11H14O3. The largest absolute Gasteiger partial charge is 0.390 e. The highest BCUT2D eigenvalue weighted by Crippen LogP contribution is 2.39. The molecule has 0 amide bonds. The fourth-order valence-corrected chi connectivity index (χ4v) is 1.72. The average Bonchev–Trinajstić information content (AvgIpc) is 2.88. The summed E-state index contributed by atoms with van der Waals surface area (Å²) in [5.74, 6) is 0. The number of ether oxygens (including phenoxy) is 1. The normalized spacial score (nSPS) is 39.8. The minimum Gasteiger partial charge on any atom is -0.390 e. The van der Waals surface area contributed by atoms with Crippen LogP contribution in [-0.2, 0) is 4.74 Å². The zero-order chi connectivity index (χ0) is 10.3. The van der Waals surface area contributed by atoms with Crippen LogP contribution in [0.15, 0.2) is 29.5 Å². The molecule has 14 heavy (non-hydrogen) atoms. The van der Waals surface area contributed by atoms with E-state index in [9.17, 15) is 10.2 Å². The third-order valence-corrected chi connectivity index (χ3v) is 2.54. The summed E-state index contributed by atoms with van der Waals surface area (Å²) in [7, 11) is 0. The predicted molar refractivity (Wildman–Crippen MR) is 51.7 cm³/mol. The van der Waals surface area contributed by atoms with Crippen molar-refractivity contribution in [2.75, 3.05) is 0 Å². The van der Waals surface area contributed by atoms with E-state index in [-0.39, 0.29) is 12.2 Å². The third-order valence-electron chi connectivity index (χ3n) is 2.54. The summed E-state index contributed by atoms with van der Waals surface area (Å²) in [6, 6.07) is 0. The van der Waals surface area contributed by atoms with Gasteiger partial charge in [-0.2, -0.15) is 0 Å². The van der Waals surface area contributed by atoms with Gasteiger partial charge in [-0.3, -0.25) is 0 Å². The van der Waals surface area contributed by atoms with Gasteiger partial charge in [-0.05, 0) is 13.0 Å². The molecular weight excluding hydrogens is 180 g/mol. The van der Waals surface area contributed by atoms with E-state index in [0.717, 1.165) is 5.57 Å². The number of aliphatic hydroxyl groups is 2. The summed E-state index contributed by atoms with van der Waals surface area (Å²) in [5, 5.41) is 19.3. The van der Waals surface area contributed by atoms with Gasteiger partial charge in [-0.15, -0.1) is 5.73 Å². The van der Waals surface area contributed by atoms with E-state index in [1.165, 1.54) is 0 Å². The van der Waals surface area contributed by atoms with Gasteiger partial charge in [-0.25, -0.2) is 0 Å². The molecule has 0 aromatic heterocycles. The minimum absolute atomic E-state index is 0.166. The zero-order valence-electron chi connectivity index (χ0n) is 8.10. The molecule has 1 aliphatic heterocycles. The van der Waals surface area contributed by atoms with Crippen molar-refractivity contribution in [1.29, 1.82) is 0 Å². The van der Waals surface area contributed by atoms with Crippen molar-refractivity contribution in [2.45, 2.75) is 37.8 Å². The summed E-state index contributed by atoms with van der Waals surface area (Å²) in [6.45, 7) is 5.56. The molecule has 76 valence electrons. The van der Waals surface area contributed by atoms with E-state index in [1.807, 2.05) is 6.92 Å². The smallest absolute Gasteiger partial charge is 0.117 e. The first-order chi connectivity index (χ1) is 6.59. The molecule has 4 atom stereocenters. The molecule has 2 N–H and O–H groups in total. The maximum atomic E-state index is 9.72. The fourth-order valence-electron chi connectivity index (χ4n) is 1.72. The minimum atomic E-state index is -0.612. The standard InChI is InChI=1S/C11H14O3/c1-6(2)3-4-7-5-8(12)10-11(14-10)9(7)13/h3,8-13H,1,5H2,2H3. The van der Waals surface area contributed by atoms with E-state index in [0.29, 0.717) is 12.0 Å². The van der Waals surface area contributed by atoms with Crippen LogP contribution in [0.4, 0.5) is 0 Å². The van der Waals surface area contributed by atoms with Crippen molar-refractivity contribution in [3.05, 3.63) is 29.5 Å². The lowest BCUT2D eigenvalue weighted by Gasteiger charge is -2.19. The highest BCUT2D eigenvalue weighted by molar-refractivity contribution is 5.24. The lowest BCUT2D eigenvalue weighted by molar-refractivity contribution is 0.117. The Labute approximate surface area is 83.0 Å². The highest BCUT2D eigenvalue weighted by Gasteiger charge is 2.54. The highest BCUT2D eigenvalue weighted by atomic mass is 16.6. The van der Waals surface area contributed by atoms with Crippen molar-refractivity contribution in [3.63, 3.8) is 0 Å². The fraction of sp³-hybridized carbons (Fsp3) is 0.545. The molecule has 3 nitrogen and oxygen atoms in total. The second-order valence-electron chi connectivity index (χ2n) is 3.94. The quantitative estimate of drug-likeness (QED) is 0.364. The molecule has 0 aromatic rings. The van der Waals surface area contributed by atoms with Crippen LogP contribution in [0.3, 0.4) is 0 Å². The number of hydrogen-bond donors (Lipinski definition) is 2. The van der Waals surface area contributed by atoms with Crippen molar-refractivity contribution in [2.24, 2.45) is 0 Å². The van der Waals surface area contributed by atoms with Gasteiger partial charge in [0.15, 0.2) is 0 Å². The van der Waals surface area contributed by atoms with Gasteiger partial charge >= 0.3 is 0 Å². The Balaban J connectivity index is 2.19. The first-order valence-corrected chi connectivity index (χ1v) is 4.72. The van der Waals surface area contributed by atoms with Crippen LogP contribution in [-0.4, -0.2) is 34.6 Å². The number of rotatable bonds is 1. The maximum absolute atomic E-state index is 9.72. The van der Waals surface area contributed by atoms with Gasteiger partial charge in [-0.1, -0.05) is 12.2 Å². The van der Waals surface area contributed by atoms with E-state index in [4.69, 9.17) is 4.74 Å². The first-order valence-electron chi connectivity index (χ1n) is 4.72. The van der Waals surface area contributed by atoms with Gasteiger partial charge in [0.25, 0.3) is 0 Å². The lowest BCUT2D eigenvalue weighted by Crippen LogP contribution is -2.32. The van der Waals surface area contributed by atoms with Crippen molar-refractivity contribution in [1.82, 2.24) is 0 Å². The zero-order valence-corrected chi connectivity index (χ0v) is 8.10. The molecule has 0 spiro atoms. The van der Waals surface area contributed by atoms with Crippen LogP contribution in [0.25, 0.3) is 0 Å². The molecule has 3 heteroatoms. The summed E-state index contributed by atoms with van der Waals surface area (Å²) < 4.78 is 5.14. The lowest BCUT2D eigenvalue weighted by atomic mass is 9.90. The first kappa shape index (κ1) is 9.69. The summed E-state index contributed by atoms with van der Waals surface area (Å²) in [6.07, 6.45) is 0.656. The number of allylic oxidation sites excluding steroid dienone is 1. The van der Waals surface area contributed by atoms with E-state index in [1.54, 1.807) is 6.08 Å². The summed E-state index contributed by atoms with van der Waals surface area (Å²) >= 11 is 0. The summed E-state index contributed by atoms with van der Waals surface area (Å²) in [4.78, 5) is 0. The monoisotopic (exact) mass is 194 g/mol. The Kier molecular flexibility index (Phi) is 2.33. The Hall–Kier alpha value is -0.860. The SMILES string of the molecule is C=C(C)C=C=C1CC(O)C2OC2C1O. The predicted octanol–water partition coefficient (Wildman–Crippen LogP) is 0.537. The molecule has 1 saturated heterocycles. The van der Waals surface area contributed by atoms with Crippen LogP contribution in [0.1, 0.15) is 13.3 Å². The van der Waals surface area contributed by atoms with E-state index < -0.39 is 12.2 Å². The Morgan fingerprint density at radius 3 is 2.93 bits per heavy atom.